The number of hydrogen-bond donors (Lipinski definition) is 2. The van der Waals surface area contributed by atoms with Crippen LogP contribution in [0.3, 0.4) is 0 Å². The van der Waals surface area contributed by atoms with Gasteiger partial charge < -0.3 is 15.5 Å². The summed E-state index contributed by atoms with van der Waals surface area (Å²) in [4.78, 5) is 7.27. The minimum absolute atomic E-state index is 0.728. The van der Waals surface area contributed by atoms with Crippen molar-refractivity contribution in [3.63, 3.8) is 0 Å². The van der Waals surface area contributed by atoms with Gasteiger partial charge in [0.2, 0.25) is 0 Å². The fourth-order valence-electron chi connectivity index (χ4n) is 3.31. The molecule has 4 nitrogen and oxygen atoms in total. The van der Waals surface area contributed by atoms with Crippen molar-refractivity contribution < 1.29 is 0 Å². The maximum atomic E-state index is 4.72. The molecule has 1 fully saturated rings. The first-order valence-electron chi connectivity index (χ1n) is 9.51. The average molecular weight is 331 g/mol. The van der Waals surface area contributed by atoms with Crippen molar-refractivity contribution in [2.75, 3.05) is 32.7 Å². The second kappa shape index (κ2) is 10.3. The number of benzene rings is 1. The maximum Gasteiger partial charge on any atom is 0.191 e. The Bertz CT molecular complexity index is 504. The molecule has 0 unspecified atom stereocenters. The van der Waals surface area contributed by atoms with Crippen molar-refractivity contribution in [2.24, 2.45) is 10.9 Å². The molecule has 1 aliphatic rings. The van der Waals surface area contributed by atoms with Gasteiger partial charge in [-0.25, -0.2) is 4.99 Å². The van der Waals surface area contributed by atoms with Gasteiger partial charge in [0.25, 0.3) is 0 Å². The Morgan fingerprint density at radius 1 is 1.21 bits per heavy atom. The molecule has 2 N–H and O–H groups in total. The second-order valence-corrected chi connectivity index (χ2v) is 6.78. The van der Waals surface area contributed by atoms with E-state index in [9.17, 15) is 0 Å². The van der Waals surface area contributed by atoms with Gasteiger partial charge in [0.15, 0.2) is 5.96 Å². The van der Waals surface area contributed by atoms with E-state index in [0.29, 0.717) is 0 Å². The van der Waals surface area contributed by atoms with Crippen LogP contribution in [0, 0.1) is 12.8 Å². The lowest BCUT2D eigenvalue weighted by Crippen LogP contribution is -2.39. The van der Waals surface area contributed by atoms with Crippen LogP contribution < -0.4 is 10.6 Å². The summed E-state index contributed by atoms with van der Waals surface area (Å²) in [5, 5.41) is 6.86. The van der Waals surface area contributed by atoms with Gasteiger partial charge in [-0.1, -0.05) is 36.8 Å². The van der Waals surface area contributed by atoms with Gasteiger partial charge in [0.1, 0.15) is 0 Å². The van der Waals surface area contributed by atoms with Crippen molar-refractivity contribution in [2.45, 2.75) is 46.6 Å². The van der Waals surface area contributed by atoms with Gasteiger partial charge in [0, 0.05) is 13.1 Å². The van der Waals surface area contributed by atoms with E-state index in [0.717, 1.165) is 31.5 Å². The molecule has 0 radical (unpaired) electrons. The van der Waals surface area contributed by atoms with Crippen molar-refractivity contribution >= 4 is 5.96 Å². The number of piperidine rings is 1. The lowest BCUT2D eigenvalue weighted by atomic mass is 9.93. The Balaban J connectivity index is 1.75. The molecule has 1 aromatic carbocycles. The molecule has 1 heterocycles. The fraction of sp³-hybridized carbons (Fsp3) is 0.650. The molecule has 134 valence electrons. The third-order valence-electron chi connectivity index (χ3n) is 4.85. The fourth-order valence-corrected chi connectivity index (χ4v) is 3.31. The first kappa shape index (κ1) is 18.8. The van der Waals surface area contributed by atoms with E-state index in [1.807, 2.05) is 0 Å². The first-order chi connectivity index (χ1) is 11.7. The number of likely N-dealkylation sites (tertiary alicyclic amines) is 1. The Morgan fingerprint density at radius 3 is 2.67 bits per heavy atom. The monoisotopic (exact) mass is 330 g/mol. The van der Waals surface area contributed by atoms with Crippen LogP contribution >= 0.6 is 0 Å². The highest BCUT2D eigenvalue weighted by atomic mass is 15.2. The average Bonchev–Trinajstić information content (AvgIpc) is 2.60. The van der Waals surface area contributed by atoms with Crippen molar-refractivity contribution in [1.82, 2.24) is 15.5 Å². The van der Waals surface area contributed by atoms with Crippen LogP contribution in [0.2, 0.25) is 0 Å². The molecule has 0 atom stereocenters. The standard InChI is InChI=1S/C20H34N4/c1-4-21-20(23-16-19-8-6-7-17(3)15-19)22-12-9-18-10-13-24(5-2)14-11-18/h6-8,15,18H,4-5,9-14,16H2,1-3H3,(H2,21,22,23). The zero-order valence-electron chi connectivity index (χ0n) is 15.6. The molecule has 0 spiro atoms. The molecule has 0 saturated carbocycles. The molecule has 1 saturated heterocycles. The topological polar surface area (TPSA) is 39.7 Å². The Morgan fingerprint density at radius 2 is 2.00 bits per heavy atom. The third-order valence-corrected chi connectivity index (χ3v) is 4.85. The summed E-state index contributed by atoms with van der Waals surface area (Å²) in [6, 6.07) is 8.57. The number of hydrogen-bond acceptors (Lipinski definition) is 2. The van der Waals surface area contributed by atoms with Gasteiger partial charge in [-0.15, -0.1) is 0 Å². The van der Waals surface area contributed by atoms with Crippen molar-refractivity contribution in [1.29, 1.82) is 0 Å². The lowest BCUT2D eigenvalue weighted by Gasteiger charge is -2.31. The number of nitrogens with zero attached hydrogens (tertiary/aromatic N) is 2. The normalized spacial score (nSPS) is 17.0. The van der Waals surface area contributed by atoms with E-state index >= 15 is 0 Å². The highest BCUT2D eigenvalue weighted by Gasteiger charge is 2.17. The highest BCUT2D eigenvalue weighted by molar-refractivity contribution is 5.79. The summed E-state index contributed by atoms with van der Waals surface area (Å²) in [5.41, 5.74) is 2.55. The van der Waals surface area contributed by atoms with Gasteiger partial charge in [-0.05, 0) is 64.2 Å². The zero-order chi connectivity index (χ0) is 17.2. The van der Waals surface area contributed by atoms with E-state index in [-0.39, 0.29) is 0 Å². The molecule has 24 heavy (non-hydrogen) atoms. The zero-order valence-corrected chi connectivity index (χ0v) is 15.6. The van der Waals surface area contributed by atoms with Gasteiger partial charge in [0.05, 0.1) is 6.54 Å². The smallest absolute Gasteiger partial charge is 0.191 e. The Kier molecular flexibility index (Phi) is 8.10. The Labute approximate surface area is 147 Å². The number of rotatable bonds is 7. The van der Waals surface area contributed by atoms with Gasteiger partial charge >= 0.3 is 0 Å². The SMILES string of the molecule is CCNC(=NCc1cccc(C)c1)NCCC1CCN(CC)CC1. The molecule has 4 heteroatoms. The molecule has 1 aliphatic heterocycles. The number of aliphatic imine (C=N–C) groups is 1. The molecule has 1 aromatic rings. The predicted molar refractivity (Wildman–Crippen MR) is 103 cm³/mol. The molecular formula is C20H34N4. The third kappa shape index (κ3) is 6.52. The Hall–Kier alpha value is -1.55. The quantitative estimate of drug-likeness (QED) is 0.596. The van der Waals surface area contributed by atoms with Crippen molar-refractivity contribution in [3.05, 3.63) is 35.4 Å². The van der Waals surface area contributed by atoms with Crippen LogP contribution in [0.4, 0.5) is 0 Å². The molecule has 0 aromatic heterocycles. The first-order valence-corrected chi connectivity index (χ1v) is 9.51. The van der Waals surface area contributed by atoms with E-state index in [4.69, 9.17) is 4.99 Å². The largest absolute Gasteiger partial charge is 0.357 e. The van der Waals surface area contributed by atoms with E-state index in [1.165, 1.54) is 50.0 Å². The minimum atomic E-state index is 0.728. The molecular weight excluding hydrogens is 296 g/mol. The number of aryl methyl sites for hydroxylation is 1. The van der Waals surface area contributed by atoms with Crippen LogP contribution in [0.1, 0.15) is 44.2 Å². The van der Waals surface area contributed by atoms with Crippen LogP contribution in [-0.2, 0) is 6.54 Å². The maximum absolute atomic E-state index is 4.72. The van der Waals surface area contributed by atoms with Gasteiger partial charge in [-0.3, -0.25) is 0 Å². The summed E-state index contributed by atoms with van der Waals surface area (Å²) in [6.07, 6.45) is 3.92. The van der Waals surface area contributed by atoms with Crippen LogP contribution in [0.5, 0.6) is 0 Å². The van der Waals surface area contributed by atoms with Crippen LogP contribution in [0.15, 0.2) is 29.3 Å². The highest BCUT2D eigenvalue weighted by Crippen LogP contribution is 2.19. The van der Waals surface area contributed by atoms with E-state index in [1.54, 1.807) is 0 Å². The minimum Gasteiger partial charge on any atom is -0.357 e. The van der Waals surface area contributed by atoms with Crippen molar-refractivity contribution in [3.8, 4) is 0 Å². The molecule has 2 rings (SSSR count). The molecule has 0 aliphatic carbocycles. The van der Waals surface area contributed by atoms with E-state index in [2.05, 4.69) is 60.6 Å². The summed E-state index contributed by atoms with van der Waals surface area (Å²) < 4.78 is 0. The molecule has 0 bridgehead atoms. The summed E-state index contributed by atoms with van der Waals surface area (Å²) >= 11 is 0. The van der Waals surface area contributed by atoms with E-state index < -0.39 is 0 Å². The van der Waals surface area contributed by atoms with Gasteiger partial charge in [-0.2, -0.15) is 0 Å². The summed E-state index contributed by atoms with van der Waals surface area (Å²) in [7, 11) is 0. The summed E-state index contributed by atoms with van der Waals surface area (Å²) in [6.45, 7) is 12.9. The predicted octanol–water partition coefficient (Wildman–Crippen LogP) is 3.17. The van der Waals surface area contributed by atoms with Crippen LogP contribution in [-0.4, -0.2) is 43.6 Å². The number of nitrogens with one attached hydrogen (secondary N) is 2. The lowest BCUT2D eigenvalue weighted by molar-refractivity contribution is 0.187. The number of guanidine groups is 1. The molecule has 0 amide bonds. The summed E-state index contributed by atoms with van der Waals surface area (Å²) in [5.74, 6) is 1.80. The van der Waals surface area contributed by atoms with Crippen LogP contribution in [0.25, 0.3) is 0 Å². The second-order valence-electron chi connectivity index (χ2n) is 6.78.